The number of aliphatic carboxylic acids is 1. The zero-order valence-corrected chi connectivity index (χ0v) is 6.46. The molecule has 12 heavy (non-hydrogen) atoms. The molecule has 0 aliphatic heterocycles. The maximum Gasteiger partial charge on any atom is 0.351 e. The summed E-state index contributed by atoms with van der Waals surface area (Å²) < 4.78 is 0. The number of carboxylic acid groups (broad SMARTS) is 1. The average Bonchev–Trinajstić information content (AvgIpc) is 2.00. The highest BCUT2D eigenvalue weighted by Gasteiger charge is 2.06. The van der Waals surface area contributed by atoms with Crippen LogP contribution in [0.5, 0.6) is 0 Å². The van der Waals surface area contributed by atoms with Crippen LogP contribution in [0.1, 0.15) is 0 Å². The number of carbonyl (C=O) groups excluding carboxylic acids is 1. The summed E-state index contributed by atoms with van der Waals surface area (Å²) >= 11 is 0. The summed E-state index contributed by atoms with van der Waals surface area (Å²) in [5.41, 5.74) is 4.72. The maximum atomic E-state index is 10.7. The van der Waals surface area contributed by atoms with E-state index in [-0.39, 0.29) is 5.70 Å². The van der Waals surface area contributed by atoms with Crippen LogP contribution >= 0.6 is 0 Å². The minimum atomic E-state index is -1.27. The number of nitrogens with one attached hydrogen (secondary N) is 2. The van der Waals surface area contributed by atoms with E-state index in [1.807, 2.05) is 5.32 Å². The second-order valence-corrected chi connectivity index (χ2v) is 1.95. The molecule has 0 heterocycles. The van der Waals surface area contributed by atoms with Crippen LogP contribution in [-0.4, -0.2) is 30.2 Å². The van der Waals surface area contributed by atoms with Crippen molar-refractivity contribution in [3.63, 3.8) is 0 Å². The second-order valence-electron chi connectivity index (χ2n) is 1.95. The normalized spacial score (nSPS) is 8.75. The molecule has 6 nitrogen and oxygen atoms in total. The molecule has 0 unspecified atom stereocenters. The molecule has 0 aromatic heterocycles. The third-order valence-electron chi connectivity index (χ3n) is 0.952. The lowest BCUT2D eigenvalue weighted by atomic mass is 10.5. The zero-order valence-electron chi connectivity index (χ0n) is 6.46. The Morgan fingerprint density at radius 2 is 2.08 bits per heavy atom. The van der Waals surface area contributed by atoms with Gasteiger partial charge in [0.05, 0.1) is 0 Å². The van der Waals surface area contributed by atoms with Crippen molar-refractivity contribution in [2.75, 3.05) is 13.1 Å². The Balaban J connectivity index is 3.69. The monoisotopic (exact) mass is 173 g/mol. The largest absolute Gasteiger partial charge is 0.477 e. The quantitative estimate of drug-likeness (QED) is 0.402. The molecular formula is C6H11N3O3. The fourth-order valence-electron chi connectivity index (χ4n) is 0.420. The summed E-state index contributed by atoms with van der Waals surface area (Å²) in [5, 5.41) is 12.6. The van der Waals surface area contributed by atoms with Crippen molar-refractivity contribution in [2.24, 2.45) is 5.73 Å². The number of rotatable bonds is 4. The predicted molar refractivity (Wildman–Crippen MR) is 42.4 cm³/mol. The van der Waals surface area contributed by atoms with E-state index in [0.717, 1.165) is 0 Å². The lowest BCUT2D eigenvalue weighted by molar-refractivity contribution is -0.132. The molecule has 0 aliphatic carbocycles. The Kier molecular flexibility index (Phi) is 4.47. The number of hydrogen-bond acceptors (Lipinski definition) is 3. The van der Waals surface area contributed by atoms with Crippen molar-refractivity contribution < 1.29 is 14.7 Å². The van der Waals surface area contributed by atoms with E-state index >= 15 is 0 Å². The van der Waals surface area contributed by atoms with Crippen LogP contribution in [-0.2, 0) is 4.79 Å². The van der Waals surface area contributed by atoms with E-state index < -0.39 is 12.0 Å². The smallest absolute Gasteiger partial charge is 0.351 e. The van der Waals surface area contributed by atoms with Gasteiger partial charge in [-0.15, -0.1) is 0 Å². The van der Waals surface area contributed by atoms with E-state index in [4.69, 9.17) is 10.8 Å². The van der Waals surface area contributed by atoms with Gasteiger partial charge >= 0.3 is 12.0 Å². The average molecular weight is 173 g/mol. The van der Waals surface area contributed by atoms with Gasteiger partial charge in [0, 0.05) is 13.1 Å². The first-order valence-corrected chi connectivity index (χ1v) is 3.25. The fourth-order valence-corrected chi connectivity index (χ4v) is 0.420. The van der Waals surface area contributed by atoms with E-state index in [0.29, 0.717) is 13.1 Å². The lowest BCUT2D eigenvalue weighted by Crippen LogP contribution is -2.38. The first-order chi connectivity index (χ1) is 5.57. The molecule has 6 heteroatoms. The third-order valence-corrected chi connectivity index (χ3v) is 0.952. The van der Waals surface area contributed by atoms with Gasteiger partial charge in [0.15, 0.2) is 0 Å². The van der Waals surface area contributed by atoms with Crippen LogP contribution in [0.3, 0.4) is 0 Å². The Labute approximate surface area is 69.4 Å². The lowest BCUT2D eigenvalue weighted by Gasteiger charge is -2.04. The summed E-state index contributed by atoms with van der Waals surface area (Å²) in [6, 6.07) is -0.618. The molecule has 0 aromatic rings. The minimum absolute atomic E-state index is 0.290. The van der Waals surface area contributed by atoms with Crippen LogP contribution < -0.4 is 16.4 Å². The molecule has 0 spiro atoms. The van der Waals surface area contributed by atoms with Gasteiger partial charge in [-0.25, -0.2) is 9.59 Å². The molecule has 68 valence electrons. The van der Waals surface area contributed by atoms with Crippen LogP contribution in [0, 0.1) is 0 Å². The summed E-state index contributed by atoms with van der Waals surface area (Å²) in [6.45, 7) is 3.69. The Morgan fingerprint density at radius 1 is 1.50 bits per heavy atom. The van der Waals surface area contributed by atoms with Gasteiger partial charge in [-0.1, -0.05) is 6.58 Å². The first kappa shape index (κ1) is 10.4. The van der Waals surface area contributed by atoms with Crippen LogP contribution in [0.4, 0.5) is 4.79 Å². The molecule has 0 saturated heterocycles. The zero-order chi connectivity index (χ0) is 9.56. The molecule has 0 rings (SSSR count). The van der Waals surface area contributed by atoms with Crippen molar-refractivity contribution in [3.05, 3.63) is 12.3 Å². The third kappa shape index (κ3) is 4.29. The maximum absolute atomic E-state index is 10.7. The highest BCUT2D eigenvalue weighted by atomic mass is 16.4. The van der Waals surface area contributed by atoms with E-state index in [9.17, 15) is 9.59 Å². The summed E-state index contributed by atoms with van der Waals surface area (Å²) in [7, 11) is 0. The second kappa shape index (κ2) is 5.14. The molecule has 5 N–H and O–H groups in total. The summed E-state index contributed by atoms with van der Waals surface area (Å²) in [5.74, 6) is -1.27. The number of amides is 2. The van der Waals surface area contributed by atoms with Gasteiger partial charge in [0.25, 0.3) is 0 Å². The van der Waals surface area contributed by atoms with Crippen molar-refractivity contribution in [2.45, 2.75) is 0 Å². The number of hydrogen-bond donors (Lipinski definition) is 4. The van der Waals surface area contributed by atoms with Gasteiger partial charge in [-0.3, -0.25) is 0 Å². The van der Waals surface area contributed by atoms with Crippen LogP contribution in [0.15, 0.2) is 12.3 Å². The van der Waals surface area contributed by atoms with Crippen molar-refractivity contribution in [3.8, 4) is 0 Å². The topological polar surface area (TPSA) is 104 Å². The van der Waals surface area contributed by atoms with Gasteiger partial charge in [-0.05, 0) is 0 Å². The fraction of sp³-hybridized carbons (Fsp3) is 0.333. The predicted octanol–water partition coefficient (Wildman–Crippen LogP) is -1.16. The van der Waals surface area contributed by atoms with Crippen molar-refractivity contribution >= 4 is 12.0 Å². The molecular weight excluding hydrogens is 162 g/mol. The molecule has 0 atom stereocenters. The molecule has 0 saturated carbocycles. The van der Waals surface area contributed by atoms with Gasteiger partial charge in [0.1, 0.15) is 5.70 Å². The van der Waals surface area contributed by atoms with Crippen LogP contribution in [0.2, 0.25) is 0 Å². The van der Waals surface area contributed by atoms with Gasteiger partial charge in [-0.2, -0.15) is 0 Å². The Hall–Kier alpha value is -1.56. The molecule has 0 aliphatic rings. The first-order valence-electron chi connectivity index (χ1n) is 3.25. The Morgan fingerprint density at radius 3 is 2.50 bits per heavy atom. The molecule has 0 radical (unpaired) electrons. The molecule has 2 amide bonds. The number of carboxylic acids is 1. The Bertz CT molecular complexity index is 202. The highest BCUT2D eigenvalue weighted by molar-refractivity contribution is 5.91. The van der Waals surface area contributed by atoms with Gasteiger partial charge < -0.3 is 21.5 Å². The van der Waals surface area contributed by atoms with E-state index in [1.165, 1.54) is 0 Å². The molecule has 0 fully saturated rings. The van der Waals surface area contributed by atoms with E-state index in [2.05, 4.69) is 11.9 Å². The molecule has 0 aromatic carbocycles. The standard InChI is InChI=1S/C6H11N3O3/c1-4(5(10)11)9-6(12)8-3-2-7/h1-3,7H2,(H,10,11)(H2,8,9,12). The SMILES string of the molecule is C=C(NC(=O)NCCN)C(=O)O. The summed E-state index contributed by atoms with van der Waals surface area (Å²) in [4.78, 5) is 20.9. The van der Waals surface area contributed by atoms with Crippen molar-refractivity contribution in [1.29, 1.82) is 0 Å². The van der Waals surface area contributed by atoms with E-state index in [1.54, 1.807) is 0 Å². The number of carbonyl (C=O) groups is 2. The number of nitrogens with two attached hydrogens (primary N) is 1. The molecule has 0 bridgehead atoms. The summed E-state index contributed by atoms with van der Waals surface area (Å²) in [6.07, 6.45) is 0. The van der Waals surface area contributed by atoms with Crippen molar-refractivity contribution in [1.82, 2.24) is 10.6 Å². The highest BCUT2D eigenvalue weighted by Crippen LogP contribution is 1.81. The van der Waals surface area contributed by atoms with Gasteiger partial charge in [0.2, 0.25) is 0 Å². The van der Waals surface area contributed by atoms with Crippen LogP contribution in [0.25, 0.3) is 0 Å². The minimum Gasteiger partial charge on any atom is -0.477 e. The number of urea groups is 1.